The zero-order chi connectivity index (χ0) is 14.3. The van der Waals surface area contributed by atoms with Crippen LogP contribution in [-0.2, 0) is 11.3 Å². The van der Waals surface area contributed by atoms with Gasteiger partial charge >= 0.3 is 6.61 Å². The lowest BCUT2D eigenvalue weighted by Gasteiger charge is -2.15. The third-order valence-electron chi connectivity index (χ3n) is 2.23. The number of nitrogens with two attached hydrogens (primary N) is 1. The summed E-state index contributed by atoms with van der Waals surface area (Å²) in [5.41, 5.74) is 5.54. The van der Waals surface area contributed by atoms with Crippen LogP contribution in [0.3, 0.4) is 0 Å². The van der Waals surface area contributed by atoms with Crippen molar-refractivity contribution in [3.8, 4) is 11.5 Å². The highest BCUT2D eigenvalue weighted by Crippen LogP contribution is 2.32. The Kier molecular flexibility index (Phi) is 8.58. The van der Waals surface area contributed by atoms with Crippen LogP contribution in [0.1, 0.15) is 12.5 Å². The zero-order valence-electron chi connectivity index (χ0n) is 10.9. The Hall–Kier alpha value is -1.60. The first kappa shape index (κ1) is 18.4. The Morgan fingerprint density at radius 3 is 2.70 bits per heavy atom. The highest BCUT2D eigenvalue weighted by molar-refractivity contribution is 5.85. The molecule has 20 heavy (non-hydrogen) atoms. The normalized spacial score (nSPS) is 9.85. The SMILES string of the molecule is CCOc1cccc(CNC(=O)CN)c1OC(F)F.Cl. The molecule has 0 unspecified atom stereocenters. The molecule has 0 fully saturated rings. The van der Waals surface area contributed by atoms with E-state index in [1.54, 1.807) is 19.1 Å². The van der Waals surface area contributed by atoms with E-state index in [-0.39, 0.29) is 42.9 Å². The van der Waals surface area contributed by atoms with Crippen LogP contribution in [-0.4, -0.2) is 25.7 Å². The third kappa shape index (κ3) is 5.58. The summed E-state index contributed by atoms with van der Waals surface area (Å²) in [7, 11) is 0. The molecular weight excluding hydrogens is 294 g/mol. The first-order chi connectivity index (χ1) is 9.08. The molecule has 0 saturated heterocycles. The average Bonchev–Trinajstić information content (AvgIpc) is 2.38. The second-order valence-electron chi connectivity index (χ2n) is 3.54. The predicted octanol–water partition coefficient (Wildman–Crippen LogP) is 1.68. The summed E-state index contributed by atoms with van der Waals surface area (Å²) in [5, 5.41) is 2.49. The highest BCUT2D eigenvalue weighted by Gasteiger charge is 2.15. The predicted molar refractivity (Wildman–Crippen MR) is 72.4 cm³/mol. The Morgan fingerprint density at radius 2 is 2.15 bits per heavy atom. The average molecular weight is 311 g/mol. The molecule has 8 heteroatoms. The molecule has 0 aliphatic rings. The lowest BCUT2D eigenvalue weighted by molar-refractivity contribution is -0.119. The number of halogens is 3. The molecule has 1 aromatic rings. The number of carbonyl (C=O) groups is 1. The first-order valence-electron chi connectivity index (χ1n) is 5.74. The van der Waals surface area contributed by atoms with Crippen molar-refractivity contribution in [2.45, 2.75) is 20.1 Å². The maximum Gasteiger partial charge on any atom is 0.387 e. The van der Waals surface area contributed by atoms with Gasteiger partial charge in [0.25, 0.3) is 0 Å². The molecule has 0 aliphatic heterocycles. The van der Waals surface area contributed by atoms with Gasteiger partial charge in [-0.15, -0.1) is 12.4 Å². The smallest absolute Gasteiger partial charge is 0.387 e. The van der Waals surface area contributed by atoms with Gasteiger partial charge < -0.3 is 20.5 Å². The molecule has 1 rings (SSSR count). The number of carbonyl (C=O) groups excluding carboxylic acids is 1. The number of hydrogen-bond donors (Lipinski definition) is 2. The van der Waals surface area contributed by atoms with Crippen LogP contribution in [0.25, 0.3) is 0 Å². The van der Waals surface area contributed by atoms with E-state index in [1.165, 1.54) is 6.07 Å². The minimum Gasteiger partial charge on any atom is -0.490 e. The summed E-state index contributed by atoms with van der Waals surface area (Å²) >= 11 is 0. The standard InChI is InChI=1S/C12H16F2N2O3.ClH/c1-2-18-9-5-3-4-8(7-16-10(17)6-15)11(9)19-12(13)14;/h3-5,12H,2,6-7,15H2,1H3,(H,16,17);1H. The topological polar surface area (TPSA) is 73.6 Å². The van der Waals surface area contributed by atoms with Crippen molar-refractivity contribution >= 4 is 18.3 Å². The van der Waals surface area contributed by atoms with Crippen molar-refractivity contribution in [1.29, 1.82) is 0 Å². The van der Waals surface area contributed by atoms with Crippen molar-refractivity contribution in [3.63, 3.8) is 0 Å². The fourth-order valence-electron chi connectivity index (χ4n) is 1.46. The van der Waals surface area contributed by atoms with E-state index in [2.05, 4.69) is 10.1 Å². The van der Waals surface area contributed by atoms with Crippen LogP contribution in [0.2, 0.25) is 0 Å². The fraction of sp³-hybridized carbons (Fsp3) is 0.417. The molecule has 0 atom stereocenters. The third-order valence-corrected chi connectivity index (χ3v) is 2.23. The second-order valence-corrected chi connectivity index (χ2v) is 3.54. The largest absolute Gasteiger partial charge is 0.490 e. The zero-order valence-corrected chi connectivity index (χ0v) is 11.7. The van der Waals surface area contributed by atoms with Crippen molar-refractivity contribution in [2.24, 2.45) is 5.73 Å². The van der Waals surface area contributed by atoms with Gasteiger partial charge in [0.1, 0.15) is 0 Å². The lowest BCUT2D eigenvalue weighted by atomic mass is 10.2. The summed E-state index contributed by atoms with van der Waals surface area (Å²) in [5.74, 6) is -0.247. The van der Waals surface area contributed by atoms with Gasteiger partial charge in [0.2, 0.25) is 5.91 Å². The van der Waals surface area contributed by atoms with E-state index in [4.69, 9.17) is 10.5 Å². The van der Waals surface area contributed by atoms with E-state index < -0.39 is 6.61 Å². The van der Waals surface area contributed by atoms with E-state index in [1.807, 2.05) is 0 Å². The van der Waals surface area contributed by atoms with Gasteiger partial charge in [-0.2, -0.15) is 8.78 Å². The van der Waals surface area contributed by atoms with Crippen LogP contribution >= 0.6 is 12.4 Å². The molecule has 1 aromatic carbocycles. The van der Waals surface area contributed by atoms with Gasteiger partial charge in [-0.1, -0.05) is 12.1 Å². The minimum absolute atomic E-state index is 0. The van der Waals surface area contributed by atoms with Gasteiger partial charge in [0.05, 0.1) is 13.2 Å². The number of rotatable bonds is 7. The number of para-hydroxylation sites is 1. The van der Waals surface area contributed by atoms with Gasteiger partial charge in [0.15, 0.2) is 11.5 Å². The Bertz CT molecular complexity index is 433. The molecule has 114 valence electrons. The summed E-state index contributed by atoms with van der Waals surface area (Å²) in [6.45, 7) is -1.05. The molecule has 0 radical (unpaired) electrons. The number of benzene rings is 1. The maximum absolute atomic E-state index is 12.4. The van der Waals surface area contributed by atoms with Crippen molar-refractivity contribution < 1.29 is 23.0 Å². The van der Waals surface area contributed by atoms with E-state index in [0.29, 0.717) is 12.2 Å². The van der Waals surface area contributed by atoms with Crippen molar-refractivity contribution in [2.75, 3.05) is 13.2 Å². The number of alkyl halides is 2. The molecule has 0 spiro atoms. The van der Waals surface area contributed by atoms with Crippen LogP contribution in [0.4, 0.5) is 8.78 Å². The summed E-state index contributed by atoms with van der Waals surface area (Å²) in [6.07, 6.45) is 0. The van der Waals surface area contributed by atoms with Gasteiger partial charge in [-0.25, -0.2) is 0 Å². The minimum atomic E-state index is -2.97. The number of amides is 1. The number of ether oxygens (including phenoxy) is 2. The molecule has 0 saturated carbocycles. The molecule has 0 aromatic heterocycles. The van der Waals surface area contributed by atoms with Crippen LogP contribution in [0.15, 0.2) is 18.2 Å². The van der Waals surface area contributed by atoms with Crippen molar-refractivity contribution in [1.82, 2.24) is 5.32 Å². The van der Waals surface area contributed by atoms with Crippen LogP contribution < -0.4 is 20.5 Å². The fourth-order valence-corrected chi connectivity index (χ4v) is 1.46. The van der Waals surface area contributed by atoms with E-state index >= 15 is 0 Å². The molecule has 0 heterocycles. The molecular formula is C12H17ClF2N2O3. The molecule has 1 amide bonds. The summed E-state index contributed by atoms with van der Waals surface area (Å²) in [6, 6.07) is 4.72. The van der Waals surface area contributed by atoms with Gasteiger partial charge in [0, 0.05) is 12.1 Å². The van der Waals surface area contributed by atoms with Crippen LogP contribution in [0.5, 0.6) is 11.5 Å². The molecule has 0 aliphatic carbocycles. The monoisotopic (exact) mass is 310 g/mol. The van der Waals surface area contributed by atoms with Crippen LogP contribution in [0, 0.1) is 0 Å². The summed E-state index contributed by atoms with van der Waals surface area (Å²) in [4.78, 5) is 11.1. The Morgan fingerprint density at radius 1 is 1.45 bits per heavy atom. The summed E-state index contributed by atoms with van der Waals surface area (Å²) < 4.78 is 34.5. The number of nitrogens with one attached hydrogen (secondary N) is 1. The molecule has 3 N–H and O–H groups in total. The second kappa shape index (κ2) is 9.33. The quantitative estimate of drug-likeness (QED) is 0.803. The lowest BCUT2D eigenvalue weighted by Crippen LogP contribution is -2.29. The number of hydrogen-bond acceptors (Lipinski definition) is 4. The van der Waals surface area contributed by atoms with Crippen molar-refractivity contribution in [3.05, 3.63) is 23.8 Å². The molecule has 5 nitrogen and oxygen atoms in total. The first-order valence-corrected chi connectivity index (χ1v) is 5.74. The van der Waals surface area contributed by atoms with E-state index in [9.17, 15) is 13.6 Å². The maximum atomic E-state index is 12.4. The Balaban J connectivity index is 0.00000361. The van der Waals surface area contributed by atoms with Gasteiger partial charge in [-0.3, -0.25) is 4.79 Å². The highest BCUT2D eigenvalue weighted by atomic mass is 35.5. The molecule has 0 bridgehead atoms. The van der Waals surface area contributed by atoms with Gasteiger partial charge in [-0.05, 0) is 13.0 Å². The van der Waals surface area contributed by atoms with E-state index in [0.717, 1.165) is 0 Å². The Labute approximate surface area is 121 Å².